The van der Waals surface area contributed by atoms with E-state index >= 15 is 0 Å². The molecular formula is C9H9NO5S. The van der Waals surface area contributed by atoms with Gasteiger partial charge in [-0.25, -0.2) is 0 Å². The molecule has 0 saturated heterocycles. The summed E-state index contributed by atoms with van der Waals surface area (Å²) in [5, 5.41) is 2.58. The zero-order valence-electron chi connectivity index (χ0n) is 8.39. The molecule has 0 radical (unpaired) electrons. The molecule has 7 heteroatoms. The molecule has 1 aromatic rings. The summed E-state index contributed by atoms with van der Waals surface area (Å²) in [6, 6.07) is 4.37. The molecule has 0 bridgehead atoms. The van der Waals surface area contributed by atoms with Gasteiger partial charge in [-0.2, -0.15) is 8.42 Å². The van der Waals surface area contributed by atoms with Crippen molar-refractivity contribution in [2.75, 3.05) is 18.2 Å². The number of carbonyl (C=O) groups excluding carboxylic acids is 1. The zero-order chi connectivity index (χ0) is 11.8. The van der Waals surface area contributed by atoms with Crippen LogP contribution in [-0.4, -0.2) is 27.2 Å². The highest BCUT2D eigenvalue weighted by Crippen LogP contribution is 2.31. The lowest BCUT2D eigenvalue weighted by molar-refractivity contribution is -0.118. The van der Waals surface area contributed by atoms with Crippen LogP contribution in [0.25, 0.3) is 0 Å². The Hall–Kier alpha value is -1.76. The lowest BCUT2D eigenvalue weighted by atomic mass is 10.2. The minimum atomic E-state index is -3.56. The summed E-state index contributed by atoms with van der Waals surface area (Å²) in [6.07, 6.45) is 0.953. The Morgan fingerprint density at radius 3 is 2.88 bits per heavy atom. The topological polar surface area (TPSA) is 81.7 Å². The standard InChI is InChI=1S/C9H9NO5S/c1-16(12,13)15-6-2-3-7-8(4-6)14-5-9(11)10-7/h2-4H,5H2,1H3,(H,10,11). The normalized spacial score (nSPS) is 14.7. The Labute approximate surface area is 92.3 Å². The van der Waals surface area contributed by atoms with E-state index in [1.54, 1.807) is 0 Å². The van der Waals surface area contributed by atoms with Crippen LogP contribution < -0.4 is 14.2 Å². The number of rotatable bonds is 2. The smallest absolute Gasteiger partial charge is 0.306 e. The van der Waals surface area contributed by atoms with Gasteiger partial charge in [0.1, 0.15) is 11.5 Å². The van der Waals surface area contributed by atoms with E-state index < -0.39 is 10.1 Å². The van der Waals surface area contributed by atoms with Crippen molar-refractivity contribution in [3.05, 3.63) is 18.2 Å². The maximum atomic E-state index is 11.0. The summed E-state index contributed by atoms with van der Waals surface area (Å²) in [4.78, 5) is 11.0. The first-order valence-corrected chi connectivity index (χ1v) is 6.22. The van der Waals surface area contributed by atoms with Gasteiger partial charge in [-0.3, -0.25) is 4.79 Å². The van der Waals surface area contributed by atoms with E-state index in [9.17, 15) is 13.2 Å². The van der Waals surface area contributed by atoms with Crippen molar-refractivity contribution in [1.82, 2.24) is 0 Å². The number of hydrogen-bond donors (Lipinski definition) is 1. The van der Waals surface area contributed by atoms with Gasteiger partial charge in [0.05, 0.1) is 11.9 Å². The van der Waals surface area contributed by atoms with Gasteiger partial charge in [-0.15, -0.1) is 0 Å². The summed E-state index contributed by atoms with van der Waals surface area (Å²) in [7, 11) is -3.56. The Bertz CT molecular complexity index is 537. The maximum Gasteiger partial charge on any atom is 0.306 e. The average molecular weight is 243 g/mol. The second-order valence-corrected chi connectivity index (χ2v) is 4.86. The summed E-state index contributed by atoms with van der Waals surface area (Å²) in [5.41, 5.74) is 0.497. The van der Waals surface area contributed by atoms with Gasteiger partial charge in [-0.1, -0.05) is 0 Å². The summed E-state index contributed by atoms with van der Waals surface area (Å²) >= 11 is 0. The molecule has 1 aromatic carbocycles. The van der Waals surface area contributed by atoms with Crippen LogP contribution in [0.4, 0.5) is 5.69 Å². The van der Waals surface area contributed by atoms with Crippen LogP contribution in [-0.2, 0) is 14.9 Å². The van der Waals surface area contributed by atoms with Gasteiger partial charge in [0, 0.05) is 6.07 Å². The summed E-state index contributed by atoms with van der Waals surface area (Å²) in [5.74, 6) is 0.294. The highest BCUT2D eigenvalue weighted by atomic mass is 32.2. The van der Waals surface area contributed by atoms with Crippen LogP contribution in [0.2, 0.25) is 0 Å². The van der Waals surface area contributed by atoms with Crippen LogP contribution in [0.15, 0.2) is 18.2 Å². The Balaban J connectivity index is 2.30. The van der Waals surface area contributed by atoms with Gasteiger partial charge in [-0.05, 0) is 12.1 Å². The molecule has 6 nitrogen and oxygen atoms in total. The SMILES string of the molecule is CS(=O)(=O)Oc1ccc2c(c1)OCC(=O)N2. The number of amides is 1. The minimum absolute atomic E-state index is 0.0880. The number of anilines is 1. The van der Waals surface area contributed by atoms with Crippen molar-refractivity contribution in [3.8, 4) is 11.5 Å². The van der Waals surface area contributed by atoms with Crippen LogP contribution in [0.1, 0.15) is 0 Å². The molecule has 0 spiro atoms. The Kier molecular flexibility index (Phi) is 2.47. The number of ether oxygens (including phenoxy) is 1. The molecule has 1 amide bonds. The van der Waals surface area contributed by atoms with E-state index in [1.165, 1.54) is 18.2 Å². The number of nitrogens with one attached hydrogen (secondary N) is 1. The van der Waals surface area contributed by atoms with Gasteiger partial charge in [0.15, 0.2) is 6.61 Å². The number of fused-ring (bicyclic) bond motifs is 1. The molecule has 1 aliphatic rings. The van der Waals surface area contributed by atoms with Crippen LogP contribution in [0, 0.1) is 0 Å². The Morgan fingerprint density at radius 2 is 2.19 bits per heavy atom. The second kappa shape index (κ2) is 3.67. The van der Waals surface area contributed by atoms with E-state index in [4.69, 9.17) is 4.74 Å². The quantitative estimate of drug-likeness (QED) is 0.758. The van der Waals surface area contributed by atoms with Crippen LogP contribution in [0.5, 0.6) is 11.5 Å². The largest absolute Gasteiger partial charge is 0.481 e. The fourth-order valence-electron chi connectivity index (χ4n) is 1.28. The predicted molar refractivity (Wildman–Crippen MR) is 56.0 cm³/mol. The predicted octanol–water partition coefficient (Wildman–Crippen LogP) is 0.356. The minimum Gasteiger partial charge on any atom is -0.481 e. The van der Waals surface area contributed by atoms with E-state index in [2.05, 4.69) is 9.50 Å². The first kappa shape index (κ1) is 10.7. The fourth-order valence-corrected chi connectivity index (χ4v) is 1.73. The fraction of sp³-hybridized carbons (Fsp3) is 0.222. The average Bonchev–Trinajstić information content (AvgIpc) is 2.16. The zero-order valence-corrected chi connectivity index (χ0v) is 9.21. The van der Waals surface area contributed by atoms with Crippen molar-refractivity contribution in [1.29, 1.82) is 0 Å². The molecule has 86 valence electrons. The summed E-state index contributed by atoms with van der Waals surface area (Å²) < 4.78 is 31.6. The lowest BCUT2D eigenvalue weighted by Crippen LogP contribution is -2.25. The van der Waals surface area contributed by atoms with Crippen molar-refractivity contribution in [2.45, 2.75) is 0 Å². The van der Waals surface area contributed by atoms with Gasteiger partial charge < -0.3 is 14.2 Å². The first-order chi connectivity index (χ1) is 7.44. The molecule has 0 fully saturated rings. The van der Waals surface area contributed by atoms with E-state index in [-0.39, 0.29) is 18.3 Å². The second-order valence-electron chi connectivity index (χ2n) is 3.28. The Morgan fingerprint density at radius 1 is 1.44 bits per heavy atom. The molecule has 0 aliphatic carbocycles. The van der Waals surface area contributed by atoms with Crippen LogP contribution >= 0.6 is 0 Å². The molecule has 0 aromatic heterocycles. The molecular weight excluding hydrogens is 234 g/mol. The maximum absolute atomic E-state index is 11.0. The molecule has 0 unspecified atom stereocenters. The molecule has 1 heterocycles. The molecule has 0 atom stereocenters. The van der Waals surface area contributed by atoms with E-state index in [0.29, 0.717) is 11.4 Å². The molecule has 1 N–H and O–H groups in total. The van der Waals surface area contributed by atoms with Crippen molar-refractivity contribution < 1.29 is 22.1 Å². The monoisotopic (exact) mass is 243 g/mol. The highest BCUT2D eigenvalue weighted by Gasteiger charge is 2.17. The van der Waals surface area contributed by atoms with E-state index in [0.717, 1.165) is 6.26 Å². The number of hydrogen-bond acceptors (Lipinski definition) is 5. The number of benzene rings is 1. The number of carbonyl (C=O) groups is 1. The van der Waals surface area contributed by atoms with Crippen molar-refractivity contribution in [2.24, 2.45) is 0 Å². The van der Waals surface area contributed by atoms with Gasteiger partial charge in [0.2, 0.25) is 0 Å². The van der Waals surface area contributed by atoms with Crippen LogP contribution in [0.3, 0.4) is 0 Å². The molecule has 2 rings (SSSR count). The molecule has 1 aliphatic heterocycles. The highest BCUT2D eigenvalue weighted by molar-refractivity contribution is 7.86. The third kappa shape index (κ3) is 2.43. The van der Waals surface area contributed by atoms with Crippen molar-refractivity contribution in [3.63, 3.8) is 0 Å². The summed E-state index contributed by atoms with van der Waals surface area (Å²) in [6.45, 7) is -0.0880. The first-order valence-electron chi connectivity index (χ1n) is 4.40. The lowest BCUT2D eigenvalue weighted by Gasteiger charge is -2.18. The van der Waals surface area contributed by atoms with E-state index in [1.807, 2.05) is 0 Å². The van der Waals surface area contributed by atoms with Crippen molar-refractivity contribution >= 4 is 21.7 Å². The van der Waals surface area contributed by atoms with Gasteiger partial charge in [0.25, 0.3) is 5.91 Å². The third-order valence-electron chi connectivity index (χ3n) is 1.83. The molecule has 16 heavy (non-hydrogen) atoms. The third-order valence-corrected chi connectivity index (χ3v) is 2.33. The molecule has 0 saturated carbocycles. The van der Waals surface area contributed by atoms with Gasteiger partial charge >= 0.3 is 10.1 Å².